The fourth-order valence-electron chi connectivity index (χ4n) is 2.36. The van der Waals surface area contributed by atoms with Crippen LogP contribution in [0.4, 0.5) is 0 Å². The van der Waals surface area contributed by atoms with Gasteiger partial charge in [0, 0.05) is 6.04 Å². The Morgan fingerprint density at radius 3 is 2.94 bits per heavy atom. The molecule has 1 atom stereocenters. The molecule has 0 bridgehead atoms. The first-order valence-electron chi connectivity index (χ1n) is 6.38. The van der Waals surface area contributed by atoms with E-state index in [0.29, 0.717) is 0 Å². The normalized spacial score (nSPS) is 15.8. The predicted molar refractivity (Wildman–Crippen MR) is 68.8 cm³/mol. The van der Waals surface area contributed by atoms with Crippen LogP contribution < -0.4 is 10.5 Å². The minimum atomic E-state index is -0.888. The van der Waals surface area contributed by atoms with E-state index in [1.165, 1.54) is 24.0 Å². The van der Waals surface area contributed by atoms with Crippen LogP contribution in [-0.2, 0) is 17.6 Å². The number of hydrogen-bond acceptors (Lipinski definition) is 3. The molecule has 4 nitrogen and oxygen atoms in total. The molecule has 0 aliphatic heterocycles. The summed E-state index contributed by atoms with van der Waals surface area (Å²) >= 11 is 0. The molecule has 1 unspecified atom stereocenters. The van der Waals surface area contributed by atoms with E-state index >= 15 is 0 Å². The fraction of sp³-hybridized carbons (Fsp3) is 0.500. The summed E-state index contributed by atoms with van der Waals surface area (Å²) < 4.78 is 5.68. The summed E-state index contributed by atoms with van der Waals surface area (Å²) in [5, 5.41) is 8.64. The van der Waals surface area contributed by atoms with E-state index in [4.69, 9.17) is 15.6 Å². The van der Waals surface area contributed by atoms with Crippen molar-refractivity contribution in [2.75, 3.05) is 6.61 Å². The van der Waals surface area contributed by atoms with Crippen molar-refractivity contribution in [3.63, 3.8) is 0 Å². The molecular formula is C14H19NO3. The number of hydrogen-bond donors (Lipinski definition) is 2. The van der Waals surface area contributed by atoms with E-state index < -0.39 is 12.0 Å². The molecule has 4 heteroatoms. The van der Waals surface area contributed by atoms with E-state index in [0.717, 1.165) is 18.6 Å². The highest BCUT2D eigenvalue weighted by molar-refractivity contribution is 5.67. The van der Waals surface area contributed by atoms with Gasteiger partial charge in [0.1, 0.15) is 12.4 Å². The van der Waals surface area contributed by atoms with Crippen LogP contribution in [0.1, 0.15) is 30.4 Å². The van der Waals surface area contributed by atoms with Gasteiger partial charge in [0.2, 0.25) is 0 Å². The SMILES string of the molecule is NC(COc1cccc2c1CCCC2)CC(=O)O. The van der Waals surface area contributed by atoms with Gasteiger partial charge in [-0.2, -0.15) is 0 Å². The molecule has 3 N–H and O–H groups in total. The van der Waals surface area contributed by atoms with E-state index in [2.05, 4.69) is 6.07 Å². The molecule has 0 amide bonds. The molecule has 2 rings (SSSR count). The van der Waals surface area contributed by atoms with E-state index in [1.807, 2.05) is 12.1 Å². The van der Waals surface area contributed by atoms with Gasteiger partial charge in [0.05, 0.1) is 6.42 Å². The Morgan fingerprint density at radius 1 is 1.39 bits per heavy atom. The molecule has 0 fully saturated rings. The lowest BCUT2D eigenvalue weighted by atomic mass is 9.91. The van der Waals surface area contributed by atoms with Crippen molar-refractivity contribution in [3.8, 4) is 5.75 Å². The van der Waals surface area contributed by atoms with Crippen molar-refractivity contribution < 1.29 is 14.6 Å². The molecule has 18 heavy (non-hydrogen) atoms. The van der Waals surface area contributed by atoms with Crippen LogP contribution in [0.15, 0.2) is 18.2 Å². The summed E-state index contributed by atoms with van der Waals surface area (Å²) in [5.74, 6) is -0.0192. The van der Waals surface area contributed by atoms with Crippen molar-refractivity contribution in [3.05, 3.63) is 29.3 Å². The van der Waals surface area contributed by atoms with E-state index in [9.17, 15) is 4.79 Å². The highest BCUT2D eigenvalue weighted by Gasteiger charge is 2.15. The number of carboxylic acid groups (broad SMARTS) is 1. The van der Waals surface area contributed by atoms with Crippen LogP contribution in [0.2, 0.25) is 0 Å². The first-order chi connectivity index (χ1) is 8.66. The maximum atomic E-state index is 10.5. The molecule has 1 aromatic rings. The number of rotatable bonds is 5. The van der Waals surface area contributed by atoms with Crippen LogP contribution in [-0.4, -0.2) is 23.7 Å². The summed E-state index contributed by atoms with van der Waals surface area (Å²) in [6.07, 6.45) is 4.51. The fourth-order valence-corrected chi connectivity index (χ4v) is 2.36. The number of carbonyl (C=O) groups is 1. The van der Waals surface area contributed by atoms with Gasteiger partial charge in [-0.3, -0.25) is 4.79 Å². The Bertz CT molecular complexity index is 431. The molecule has 0 radical (unpaired) electrons. The number of ether oxygens (including phenoxy) is 1. The lowest BCUT2D eigenvalue weighted by molar-refractivity contribution is -0.137. The molecule has 1 aliphatic rings. The van der Waals surface area contributed by atoms with Crippen molar-refractivity contribution in [2.45, 2.75) is 38.1 Å². The minimum absolute atomic E-state index is 0.0605. The Hall–Kier alpha value is -1.55. The summed E-state index contributed by atoms with van der Waals surface area (Å²) in [6.45, 7) is 0.253. The zero-order valence-electron chi connectivity index (χ0n) is 10.4. The smallest absolute Gasteiger partial charge is 0.305 e. The van der Waals surface area contributed by atoms with Gasteiger partial charge in [0.25, 0.3) is 0 Å². The molecule has 1 aromatic carbocycles. The predicted octanol–water partition coefficient (Wildman–Crippen LogP) is 1.75. The molecule has 0 spiro atoms. The standard InChI is InChI=1S/C14H19NO3/c15-11(8-14(16)17)9-18-13-7-3-5-10-4-1-2-6-12(10)13/h3,5,7,11H,1-2,4,6,8-9,15H2,(H,16,17). The van der Waals surface area contributed by atoms with Crippen molar-refractivity contribution in [1.82, 2.24) is 0 Å². The van der Waals surface area contributed by atoms with Gasteiger partial charge in [-0.25, -0.2) is 0 Å². The average Bonchev–Trinajstić information content (AvgIpc) is 2.35. The third-order valence-electron chi connectivity index (χ3n) is 3.24. The zero-order valence-corrected chi connectivity index (χ0v) is 10.4. The summed E-state index contributed by atoms with van der Waals surface area (Å²) in [4.78, 5) is 10.5. The first-order valence-corrected chi connectivity index (χ1v) is 6.38. The van der Waals surface area contributed by atoms with Crippen LogP contribution in [0.25, 0.3) is 0 Å². The van der Waals surface area contributed by atoms with Gasteiger partial charge < -0.3 is 15.6 Å². The molecule has 0 aromatic heterocycles. The van der Waals surface area contributed by atoms with Gasteiger partial charge in [-0.15, -0.1) is 0 Å². The maximum Gasteiger partial charge on any atom is 0.305 e. The number of carboxylic acids is 1. The third-order valence-corrected chi connectivity index (χ3v) is 3.24. The van der Waals surface area contributed by atoms with Gasteiger partial charge >= 0.3 is 5.97 Å². The largest absolute Gasteiger partial charge is 0.492 e. The van der Waals surface area contributed by atoms with Crippen LogP contribution >= 0.6 is 0 Å². The number of fused-ring (bicyclic) bond motifs is 1. The van der Waals surface area contributed by atoms with E-state index in [-0.39, 0.29) is 13.0 Å². The number of benzene rings is 1. The van der Waals surface area contributed by atoms with E-state index in [1.54, 1.807) is 0 Å². The Balaban J connectivity index is 1.99. The molecule has 0 heterocycles. The Labute approximate surface area is 107 Å². The van der Waals surface area contributed by atoms with Crippen molar-refractivity contribution >= 4 is 5.97 Å². The summed E-state index contributed by atoms with van der Waals surface area (Å²) in [7, 11) is 0. The second-order valence-electron chi connectivity index (χ2n) is 4.77. The second-order valence-corrected chi connectivity index (χ2v) is 4.77. The number of aliphatic carboxylic acids is 1. The van der Waals surface area contributed by atoms with Crippen LogP contribution in [0.5, 0.6) is 5.75 Å². The minimum Gasteiger partial charge on any atom is -0.492 e. The van der Waals surface area contributed by atoms with Gasteiger partial charge in [-0.1, -0.05) is 12.1 Å². The topological polar surface area (TPSA) is 72.5 Å². The summed E-state index contributed by atoms with van der Waals surface area (Å²) in [5.41, 5.74) is 8.31. The van der Waals surface area contributed by atoms with Crippen LogP contribution in [0.3, 0.4) is 0 Å². The molecule has 0 saturated heterocycles. The molecule has 98 valence electrons. The quantitative estimate of drug-likeness (QED) is 0.833. The first kappa shape index (κ1) is 12.9. The summed E-state index contributed by atoms with van der Waals surface area (Å²) in [6, 6.07) is 5.61. The third kappa shape index (κ3) is 3.23. The zero-order chi connectivity index (χ0) is 13.0. The van der Waals surface area contributed by atoms with Crippen molar-refractivity contribution in [2.24, 2.45) is 5.73 Å². The highest BCUT2D eigenvalue weighted by Crippen LogP contribution is 2.29. The van der Waals surface area contributed by atoms with Crippen LogP contribution in [0, 0.1) is 0 Å². The molecule has 1 aliphatic carbocycles. The Kier molecular flexibility index (Phi) is 4.20. The van der Waals surface area contributed by atoms with Gasteiger partial charge in [0.15, 0.2) is 0 Å². The number of aryl methyl sites for hydroxylation is 1. The maximum absolute atomic E-state index is 10.5. The lowest BCUT2D eigenvalue weighted by Crippen LogP contribution is -2.30. The lowest BCUT2D eigenvalue weighted by Gasteiger charge is -2.20. The monoisotopic (exact) mass is 249 g/mol. The number of nitrogens with two attached hydrogens (primary N) is 1. The highest BCUT2D eigenvalue weighted by atomic mass is 16.5. The molecule has 0 saturated carbocycles. The van der Waals surface area contributed by atoms with Crippen molar-refractivity contribution in [1.29, 1.82) is 0 Å². The second kappa shape index (κ2) is 5.87. The Morgan fingerprint density at radius 2 is 2.17 bits per heavy atom. The average molecular weight is 249 g/mol. The van der Waals surface area contributed by atoms with Gasteiger partial charge in [-0.05, 0) is 42.9 Å². The molecular weight excluding hydrogens is 230 g/mol.